The molecule has 2 heterocycles. The molecule has 0 spiro atoms. The zero-order valence-electron chi connectivity index (χ0n) is 10.0. The summed E-state index contributed by atoms with van der Waals surface area (Å²) in [6, 6.07) is 1.63. The number of nitrogens with one attached hydrogen (secondary N) is 1. The number of aliphatic hydroxyl groups is 1. The number of aromatic nitrogens is 2. The summed E-state index contributed by atoms with van der Waals surface area (Å²) in [6.07, 6.45) is 1.98. The molecule has 1 aromatic rings. The lowest BCUT2D eigenvalue weighted by molar-refractivity contribution is -0.0252. The van der Waals surface area contributed by atoms with Gasteiger partial charge in [-0.05, 0) is 13.0 Å². The van der Waals surface area contributed by atoms with Gasteiger partial charge in [0.25, 0.3) is 5.91 Å². The van der Waals surface area contributed by atoms with E-state index in [1.165, 1.54) is 0 Å². The first-order valence-corrected chi connectivity index (χ1v) is 5.63. The number of amides is 1. The fourth-order valence-electron chi connectivity index (χ4n) is 1.86. The Balaban J connectivity index is 1.92. The van der Waals surface area contributed by atoms with Crippen LogP contribution in [0.15, 0.2) is 12.3 Å². The Morgan fingerprint density at radius 2 is 2.59 bits per heavy atom. The highest BCUT2D eigenvalue weighted by Crippen LogP contribution is 2.24. The third-order valence-corrected chi connectivity index (χ3v) is 3.16. The van der Waals surface area contributed by atoms with E-state index in [-0.39, 0.29) is 18.6 Å². The molecule has 2 unspecified atom stereocenters. The van der Waals surface area contributed by atoms with Gasteiger partial charge < -0.3 is 15.2 Å². The van der Waals surface area contributed by atoms with Crippen molar-refractivity contribution in [2.75, 3.05) is 13.2 Å². The molecule has 6 nitrogen and oxygen atoms in total. The van der Waals surface area contributed by atoms with Crippen LogP contribution in [0.25, 0.3) is 0 Å². The number of rotatable bonds is 3. The number of carbonyl (C=O) groups excluding carboxylic acids is 1. The zero-order valence-corrected chi connectivity index (χ0v) is 10.0. The third-order valence-electron chi connectivity index (χ3n) is 3.16. The second-order valence-corrected chi connectivity index (χ2v) is 4.42. The van der Waals surface area contributed by atoms with Crippen LogP contribution in [0.3, 0.4) is 0 Å². The van der Waals surface area contributed by atoms with Gasteiger partial charge in [-0.2, -0.15) is 5.10 Å². The average Bonchev–Trinajstić information content (AvgIpc) is 2.84. The molecular weight excluding hydrogens is 222 g/mol. The summed E-state index contributed by atoms with van der Waals surface area (Å²) in [5.41, 5.74) is -0.618. The maximum atomic E-state index is 11.7. The van der Waals surface area contributed by atoms with Crippen molar-refractivity contribution >= 4 is 5.91 Å². The molecular formula is C11H17N3O3. The van der Waals surface area contributed by atoms with Crippen molar-refractivity contribution in [2.24, 2.45) is 7.05 Å². The highest BCUT2D eigenvalue weighted by molar-refractivity contribution is 5.92. The van der Waals surface area contributed by atoms with E-state index in [1.54, 1.807) is 30.9 Å². The number of hydrogen-bond donors (Lipinski definition) is 2. The number of carbonyl (C=O) groups is 1. The van der Waals surface area contributed by atoms with Gasteiger partial charge in [0.1, 0.15) is 11.3 Å². The van der Waals surface area contributed by atoms with Crippen LogP contribution in [0.2, 0.25) is 0 Å². The predicted molar refractivity (Wildman–Crippen MR) is 60.5 cm³/mol. The predicted octanol–water partition coefficient (Wildman–Crippen LogP) is -0.310. The number of aryl methyl sites for hydroxylation is 1. The Bertz CT molecular complexity index is 418. The Kier molecular flexibility index (Phi) is 3.17. The number of hydrogen-bond acceptors (Lipinski definition) is 4. The van der Waals surface area contributed by atoms with E-state index in [0.717, 1.165) is 0 Å². The highest BCUT2D eigenvalue weighted by Gasteiger charge is 2.39. The zero-order chi connectivity index (χ0) is 12.5. The van der Waals surface area contributed by atoms with Crippen molar-refractivity contribution < 1.29 is 14.6 Å². The van der Waals surface area contributed by atoms with E-state index in [0.29, 0.717) is 18.7 Å². The Hall–Kier alpha value is -1.40. The molecule has 1 aromatic heterocycles. The molecule has 6 heteroatoms. The monoisotopic (exact) mass is 239 g/mol. The lowest BCUT2D eigenvalue weighted by Crippen LogP contribution is -2.47. The molecule has 0 radical (unpaired) electrons. The molecule has 2 atom stereocenters. The van der Waals surface area contributed by atoms with Crippen molar-refractivity contribution in [3.05, 3.63) is 18.0 Å². The summed E-state index contributed by atoms with van der Waals surface area (Å²) in [4.78, 5) is 11.7. The Morgan fingerprint density at radius 3 is 3.12 bits per heavy atom. The van der Waals surface area contributed by atoms with Crippen LogP contribution >= 0.6 is 0 Å². The molecule has 1 amide bonds. The number of nitrogens with zero attached hydrogens (tertiary/aromatic N) is 2. The molecule has 17 heavy (non-hydrogen) atoms. The van der Waals surface area contributed by atoms with Gasteiger partial charge >= 0.3 is 0 Å². The van der Waals surface area contributed by atoms with Gasteiger partial charge in [0.2, 0.25) is 0 Å². The van der Waals surface area contributed by atoms with Gasteiger partial charge in [-0.25, -0.2) is 0 Å². The standard InChI is InChI=1S/C11H17N3O3/c1-8-11(16,4-6-17-8)7-12-10(15)9-3-5-14(2)13-9/h3,5,8,16H,4,6-7H2,1-2H3,(H,12,15). The van der Waals surface area contributed by atoms with Crippen LogP contribution in [-0.2, 0) is 11.8 Å². The van der Waals surface area contributed by atoms with Crippen molar-refractivity contribution in [3.63, 3.8) is 0 Å². The Morgan fingerprint density at radius 1 is 1.82 bits per heavy atom. The molecule has 2 rings (SSSR count). The smallest absolute Gasteiger partial charge is 0.271 e. The second kappa shape index (κ2) is 4.46. The van der Waals surface area contributed by atoms with Crippen molar-refractivity contribution in [3.8, 4) is 0 Å². The molecule has 2 N–H and O–H groups in total. The summed E-state index contributed by atoms with van der Waals surface area (Å²) in [7, 11) is 1.75. The van der Waals surface area contributed by atoms with E-state index in [4.69, 9.17) is 4.74 Å². The first-order chi connectivity index (χ1) is 8.01. The summed E-state index contributed by atoms with van der Waals surface area (Å²) in [5.74, 6) is -0.280. The summed E-state index contributed by atoms with van der Waals surface area (Å²) < 4.78 is 6.85. The van der Waals surface area contributed by atoms with Crippen LogP contribution in [0, 0.1) is 0 Å². The van der Waals surface area contributed by atoms with Gasteiger partial charge in [0.05, 0.1) is 6.10 Å². The Labute approximate surface area is 99.6 Å². The van der Waals surface area contributed by atoms with Crippen LogP contribution in [0.1, 0.15) is 23.8 Å². The normalized spacial score (nSPS) is 28.3. The topological polar surface area (TPSA) is 76.4 Å². The largest absolute Gasteiger partial charge is 0.385 e. The molecule has 0 aliphatic carbocycles. The quantitative estimate of drug-likeness (QED) is 0.758. The van der Waals surface area contributed by atoms with Crippen LogP contribution in [-0.4, -0.2) is 45.7 Å². The fourth-order valence-corrected chi connectivity index (χ4v) is 1.86. The van der Waals surface area contributed by atoms with E-state index in [2.05, 4.69) is 10.4 Å². The fraction of sp³-hybridized carbons (Fsp3) is 0.636. The minimum atomic E-state index is -0.968. The van der Waals surface area contributed by atoms with E-state index < -0.39 is 5.60 Å². The second-order valence-electron chi connectivity index (χ2n) is 4.42. The lowest BCUT2D eigenvalue weighted by atomic mass is 9.97. The SMILES string of the molecule is CC1OCCC1(O)CNC(=O)c1ccn(C)n1. The minimum absolute atomic E-state index is 0.184. The molecule has 0 aromatic carbocycles. The van der Waals surface area contributed by atoms with Crippen molar-refractivity contribution in [1.82, 2.24) is 15.1 Å². The van der Waals surface area contributed by atoms with Crippen LogP contribution in [0.5, 0.6) is 0 Å². The van der Waals surface area contributed by atoms with Crippen LogP contribution in [0.4, 0.5) is 0 Å². The first kappa shape index (κ1) is 12.1. The molecule has 1 aliphatic rings. The average molecular weight is 239 g/mol. The van der Waals surface area contributed by atoms with Gasteiger partial charge in [-0.15, -0.1) is 0 Å². The van der Waals surface area contributed by atoms with E-state index in [9.17, 15) is 9.90 Å². The van der Waals surface area contributed by atoms with Gasteiger partial charge in [-0.1, -0.05) is 0 Å². The lowest BCUT2D eigenvalue weighted by Gasteiger charge is -2.25. The maximum absolute atomic E-state index is 11.7. The van der Waals surface area contributed by atoms with Gasteiger partial charge in [-0.3, -0.25) is 9.48 Å². The van der Waals surface area contributed by atoms with Crippen LogP contribution < -0.4 is 5.32 Å². The highest BCUT2D eigenvalue weighted by atomic mass is 16.5. The molecule has 94 valence electrons. The molecule has 1 aliphatic heterocycles. The third kappa shape index (κ3) is 2.48. The van der Waals surface area contributed by atoms with Gasteiger partial charge in [0.15, 0.2) is 0 Å². The minimum Gasteiger partial charge on any atom is -0.385 e. The van der Waals surface area contributed by atoms with Gasteiger partial charge in [0, 0.05) is 32.8 Å². The van der Waals surface area contributed by atoms with E-state index >= 15 is 0 Å². The summed E-state index contributed by atoms with van der Waals surface area (Å²) in [5, 5.41) is 16.9. The first-order valence-electron chi connectivity index (χ1n) is 5.63. The van der Waals surface area contributed by atoms with E-state index in [1.807, 2.05) is 0 Å². The molecule has 1 saturated heterocycles. The maximum Gasteiger partial charge on any atom is 0.271 e. The molecule has 0 saturated carbocycles. The number of ether oxygens (including phenoxy) is 1. The van der Waals surface area contributed by atoms with Crippen molar-refractivity contribution in [1.29, 1.82) is 0 Å². The molecule has 1 fully saturated rings. The summed E-state index contributed by atoms with van der Waals surface area (Å²) in [6.45, 7) is 2.51. The van der Waals surface area contributed by atoms with Crippen molar-refractivity contribution in [2.45, 2.75) is 25.0 Å². The summed E-state index contributed by atoms with van der Waals surface area (Å²) >= 11 is 0. The molecule has 0 bridgehead atoms.